The number of hydrogen-bond acceptors (Lipinski definition) is 2. The van der Waals surface area contributed by atoms with Crippen LogP contribution in [0.2, 0.25) is 0 Å². The van der Waals surface area contributed by atoms with Gasteiger partial charge in [-0.15, -0.1) is 0 Å². The fraction of sp³-hybridized carbons (Fsp3) is 0.800. The molecule has 0 bridgehead atoms. The van der Waals surface area contributed by atoms with Crippen molar-refractivity contribution in [3.8, 4) is 0 Å². The SMILES string of the molecule is CC(C(=O)O)[C@H](C)N. The second-order valence-electron chi connectivity index (χ2n) is 1.99. The van der Waals surface area contributed by atoms with Crippen molar-refractivity contribution in [2.45, 2.75) is 19.9 Å². The first-order valence-electron chi connectivity index (χ1n) is 2.54. The van der Waals surface area contributed by atoms with E-state index in [4.69, 9.17) is 10.8 Å². The number of hydrogen-bond donors (Lipinski definition) is 2. The highest BCUT2D eigenvalue weighted by molar-refractivity contribution is 5.70. The van der Waals surface area contributed by atoms with Crippen molar-refractivity contribution in [1.29, 1.82) is 0 Å². The first kappa shape index (κ1) is 7.43. The minimum absolute atomic E-state index is 0.257. The number of rotatable bonds is 2. The van der Waals surface area contributed by atoms with Gasteiger partial charge in [0.25, 0.3) is 0 Å². The lowest BCUT2D eigenvalue weighted by Crippen LogP contribution is -2.30. The van der Waals surface area contributed by atoms with Crippen molar-refractivity contribution in [3.05, 3.63) is 0 Å². The Morgan fingerprint density at radius 1 is 1.62 bits per heavy atom. The van der Waals surface area contributed by atoms with Gasteiger partial charge in [0, 0.05) is 6.04 Å². The van der Waals surface area contributed by atoms with E-state index >= 15 is 0 Å². The van der Waals surface area contributed by atoms with Crippen molar-refractivity contribution >= 4 is 5.97 Å². The van der Waals surface area contributed by atoms with Crippen LogP contribution < -0.4 is 5.73 Å². The van der Waals surface area contributed by atoms with Gasteiger partial charge < -0.3 is 10.8 Å². The van der Waals surface area contributed by atoms with Crippen LogP contribution in [-0.4, -0.2) is 17.1 Å². The van der Waals surface area contributed by atoms with Crippen molar-refractivity contribution in [3.63, 3.8) is 0 Å². The van der Waals surface area contributed by atoms with Gasteiger partial charge in [0.2, 0.25) is 0 Å². The Bertz CT molecular complexity index is 90.4. The Morgan fingerprint density at radius 3 is 2.00 bits per heavy atom. The summed E-state index contributed by atoms with van der Waals surface area (Å²) in [5.74, 6) is -1.27. The molecule has 0 rings (SSSR count). The molecule has 0 amide bonds. The summed E-state index contributed by atoms with van der Waals surface area (Å²) in [4.78, 5) is 10.1. The maximum absolute atomic E-state index is 10.1. The van der Waals surface area contributed by atoms with Gasteiger partial charge in [-0.3, -0.25) is 4.79 Å². The molecule has 0 saturated carbocycles. The van der Waals surface area contributed by atoms with Crippen LogP contribution in [0.4, 0.5) is 0 Å². The summed E-state index contributed by atoms with van der Waals surface area (Å²) in [7, 11) is 0. The van der Waals surface area contributed by atoms with E-state index < -0.39 is 11.9 Å². The van der Waals surface area contributed by atoms with Crippen LogP contribution >= 0.6 is 0 Å². The van der Waals surface area contributed by atoms with E-state index in [2.05, 4.69) is 0 Å². The molecule has 0 aromatic carbocycles. The molecular weight excluding hydrogens is 106 g/mol. The summed E-state index contributed by atoms with van der Waals surface area (Å²) in [6.45, 7) is 3.27. The van der Waals surface area contributed by atoms with Crippen LogP contribution in [0.15, 0.2) is 0 Å². The van der Waals surface area contributed by atoms with Crippen LogP contribution in [0.1, 0.15) is 13.8 Å². The quantitative estimate of drug-likeness (QED) is 0.537. The minimum atomic E-state index is -0.833. The van der Waals surface area contributed by atoms with E-state index in [1.165, 1.54) is 0 Å². The van der Waals surface area contributed by atoms with Gasteiger partial charge in [0.1, 0.15) is 0 Å². The zero-order valence-electron chi connectivity index (χ0n) is 5.09. The average molecular weight is 117 g/mol. The Labute approximate surface area is 48.5 Å². The Hall–Kier alpha value is -0.570. The molecule has 48 valence electrons. The second-order valence-corrected chi connectivity index (χ2v) is 1.99. The predicted octanol–water partition coefficient (Wildman–Crippen LogP) is 0.0543. The molecule has 0 aliphatic carbocycles. The molecule has 3 heteroatoms. The smallest absolute Gasteiger partial charge is 0.307 e. The molecule has 0 saturated heterocycles. The lowest BCUT2D eigenvalue weighted by atomic mass is 10.1. The Balaban J connectivity index is 3.64. The normalized spacial score (nSPS) is 17.4. The monoisotopic (exact) mass is 117 g/mol. The largest absolute Gasteiger partial charge is 0.481 e. The van der Waals surface area contributed by atoms with E-state index in [1.807, 2.05) is 0 Å². The zero-order valence-corrected chi connectivity index (χ0v) is 5.09. The lowest BCUT2D eigenvalue weighted by molar-refractivity contribution is -0.141. The third kappa shape index (κ3) is 1.93. The Kier molecular flexibility index (Phi) is 2.48. The lowest BCUT2D eigenvalue weighted by Gasteiger charge is -2.07. The molecule has 2 atom stereocenters. The molecule has 0 spiro atoms. The molecule has 0 radical (unpaired) electrons. The number of nitrogens with two attached hydrogens (primary N) is 1. The van der Waals surface area contributed by atoms with E-state index in [0.717, 1.165) is 0 Å². The van der Waals surface area contributed by atoms with Gasteiger partial charge in [-0.1, -0.05) is 6.92 Å². The van der Waals surface area contributed by atoms with Gasteiger partial charge in [-0.05, 0) is 6.92 Å². The van der Waals surface area contributed by atoms with Gasteiger partial charge >= 0.3 is 5.97 Å². The number of carbonyl (C=O) groups is 1. The number of carboxylic acids is 1. The third-order valence-electron chi connectivity index (χ3n) is 1.18. The fourth-order valence-electron chi connectivity index (χ4n) is 0.225. The van der Waals surface area contributed by atoms with E-state index in [0.29, 0.717) is 0 Å². The molecule has 0 aromatic rings. The maximum atomic E-state index is 10.1. The Morgan fingerprint density at radius 2 is 2.00 bits per heavy atom. The molecule has 3 nitrogen and oxygen atoms in total. The summed E-state index contributed by atoms with van der Waals surface area (Å²) in [5, 5.41) is 8.27. The van der Waals surface area contributed by atoms with Gasteiger partial charge in [0.15, 0.2) is 0 Å². The predicted molar refractivity (Wildman–Crippen MR) is 30.4 cm³/mol. The molecule has 3 N–H and O–H groups in total. The summed E-state index contributed by atoms with van der Waals surface area (Å²) in [6, 6.07) is -0.257. The van der Waals surface area contributed by atoms with E-state index in [1.54, 1.807) is 13.8 Å². The standard InChI is InChI=1S/C5H11NO2/c1-3(4(2)6)5(7)8/h3-4H,6H2,1-2H3,(H,7,8)/t3?,4-/m0/s1. The van der Waals surface area contributed by atoms with Crippen LogP contribution in [0.3, 0.4) is 0 Å². The van der Waals surface area contributed by atoms with Crippen molar-refractivity contribution < 1.29 is 9.90 Å². The number of carboxylic acid groups (broad SMARTS) is 1. The molecule has 0 aliphatic heterocycles. The van der Waals surface area contributed by atoms with Crippen molar-refractivity contribution in [1.82, 2.24) is 0 Å². The molecular formula is C5H11NO2. The summed E-state index contributed by atoms with van der Waals surface area (Å²) in [5.41, 5.74) is 5.26. The van der Waals surface area contributed by atoms with Gasteiger partial charge in [-0.25, -0.2) is 0 Å². The minimum Gasteiger partial charge on any atom is -0.481 e. The van der Waals surface area contributed by atoms with Gasteiger partial charge in [-0.2, -0.15) is 0 Å². The zero-order chi connectivity index (χ0) is 6.73. The molecule has 0 fully saturated rings. The average Bonchev–Trinajstić information content (AvgIpc) is 1.64. The first-order chi connectivity index (χ1) is 3.55. The van der Waals surface area contributed by atoms with Crippen LogP contribution in [0, 0.1) is 5.92 Å². The molecule has 0 aromatic heterocycles. The topological polar surface area (TPSA) is 63.3 Å². The van der Waals surface area contributed by atoms with Crippen LogP contribution in [-0.2, 0) is 4.79 Å². The maximum Gasteiger partial charge on any atom is 0.307 e. The fourth-order valence-corrected chi connectivity index (χ4v) is 0.225. The molecule has 1 unspecified atom stereocenters. The summed E-state index contributed by atoms with van der Waals surface area (Å²) >= 11 is 0. The van der Waals surface area contributed by atoms with Gasteiger partial charge in [0.05, 0.1) is 5.92 Å². The second kappa shape index (κ2) is 2.67. The van der Waals surface area contributed by atoms with Crippen LogP contribution in [0.25, 0.3) is 0 Å². The van der Waals surface area contributed by atoms with Crippen LogP contribution in [0.5, 0.6) is 0 Å². The summed E-state index contributed by atoms with van der Waals surface area (Å²) < 4.78 is 0. The first-order valence-corrected chi connectivity index (χ1v) is 2.54. The van der Waals surface area contributed by atoms with Crippen molar-refractivity contribution in [2.24, 2.45) is 11.7 Å². The molecule has 0 aliphatic rings. The van der Waals surface area contributed by atoms with E-state index in [9.17, 15) is 4.79 Å². The third-order valence-corrected chi connectivity index (χ3v) is 1.18. The highest BCUT2D eigenvalue weighted by atomic mass is 16.4. The van der Waals surface area contributed by atoms with Crippen molar-refractivity contribution in [2.75, 3.05) is 0 Å². The highest BCUT2D eigenvalue weighted by Gasteiger charge is 2.14. The van der Waals surface area contributed by atoms with E-state index in [-0.39, 0.29) is 6.04 Å². The number of aliphatic carboxylic acids is 1. The molecule has 8 heavy (non-hydrogen) atoms. The molecule has 0 heterocycles. The highest BCUT2D eigenvalue weighted by Crippen LogP contribution is 1.97. The summed E-state index contributed by atoms with van der Waals surface area (Å²) in [6.07, 6.45) is 0.